The van der Waals surface area contributed by atoms with Crippen LogP contribution in [0.4, 0.5) is 5.69 Å². The summed E-state index contributed by atoms with van der Waals surface area (Å²) in [5, 5.41) is 3.47. The first-order valence-corrected chi connectivity index (χ1v) is 9.63. The Morgan fingerprint density at radius 2 is 1.78 bits per heavy atom. The van der Waals surface area contributed by atoms with Gasteiger partial charge in [0.2, 0.25) is 0 Å². The van der Waals surface area contributed by atoms with E-state index in [-0.39, 0.29) is 5.91 Å². The number of benzene rings is 3. The van der Waals surface area contributed by atoms with Crippen molar-refractivity contribution in [1.82, 2.24) is 0 Å². The van der Waals surface area contributed by atoms with Gasteiger partial charge in [0.15, 0.2) is 11.5 Å². The molecule has 138 valence electrons. The molecule has 3 aromatic carbocycles. The Morgan fingerprint density at radius 1 is 1.07 bits per heavy atom. The zero-order valence-corrected chi connectivity index (χ0v) is 17.5. The van der Waals surface area contributed by atoms with Gasteiger partial charge >= 0.3 is 0 Å². The highest BCUT2D eigenvalue weighted by atomic mass is 127. The predicted octanol–water partition coefficient (Wildman–Crippen LogP) is 5.78. The first-order valence-electron chi connectivity index (χ1n) is 8.18. The monoisotopic (exact) mass is 493 g/mol. The SMILES string of the molecule is COc1c(I)cc(C(=O)Nc2ccc(Cl)cc2)cc1OCc1ccccc1. The number of carbonyl (C=O) groups is 1. The van der Waals surface area contributed by atoms with E-state index in [1.165, 1.54) is 0 Å². The second kappa shape index (κ2) is 9.10. The van der Waals surface area contributed by atoms with E-state index in [0.717, 1.165) is 9.13 Å². The quantitative estimate of drug-likeness (QED) is 0.443. The molecule has 0 radical (unpaired) electrons. The van der Waals surface area contributed by atoms with Gasteiger partial charge in [0.25, 0.3) is 5.91 Å². The molecule has 0 heterocycles. The van der Waals surface area contributed by atoms with Gasteiger partial charge in [0.1, 0.15) is 6.61 Å². The van der Waals surface area contributed by atoms with E-state index in [9.17, 15) is 4.79 Å². The Morgan fingerprint density at radius 3 is 2.44 bits per heavy atom. The van der Waals surface area contributed by atoms with Crippen LogP contribution in [-0.4, -0.2) is 13.0 Å². The third-order valence-corrected chi connectivity index (χ3v) is 4.87. The molecule has 27 heavy (non-hydrogen) atoms. The number of ether oxygens (including phenoxy) is 2. The summed E-state index contributed by atoms with van der Waals surface area (Å²) in [6.45, 7) is 0.384. The number of rotatable bonds is 6. The first kappa shape index (κ1) is 19.5. The summed E-state index contributed by atoms with van der Waals surface area (Å²) in [6, 6.07) is 20.2. The highest BCUT2D eigenvalue weighted by Gasteiger charge is 2.16. The lowest BCUT2D eigenvalue weighted by Gasteiger charge is -2.14. The fourth-order valence-corrected chi connectivity index (χ4v) is 3.42. The Labute approximate surface area is 176 Å². The molecule has 1 amide bonds. The largest absolute Gasteiger partial charge is 0.492 e. The van der Waals surface area contributed by atoms with Gasteiger partial charge in [0, 0.05) is 16.3 Å². The van der Waals surface area contributed by atoms with Crippen molar-refractivity contribution in [2.24, 2.45) is 0 Å². The second-order valence-corrected chi connectivity index (χ2v) is 7.32. The molecule has 0 spiro atoms. The Bertz CT molecular complexity index is 930. The maximum Gasteiger partial charge on any atom is 0.255 e. The highest BCUT2D eigenvalue weighted by molar-refractivity contribution is 14.1. The minimum Gasteiger partial charge on any atom is -0.492 e. The maximum absolute atomic E-state index is 12.6. The predicted molar refractivity (Wildman–Crippen MR) is 116 cm³/mol. The van der Waals surface area contributed by atoms with Crippen LogP contribution in [0.5, 0.6) is 11.5 Å². The summed E-state index contributed by atoms with van der Waals surface area (Å²) in [7, 11) is 1.58. The number of nitrogens with one attached hydrogen (secondary N) is 1. The molecule has 0 atom stereocenters. The fraction of sp³-hybridized carbons (Fsp3) is 0.0952. The lowest BCUT2D eigenvalue weighted by Crippen LogP contribution is -2.13. The van der Waals surface area contributed by atoms with E-state index in [4.69, 9.17) is 21.1 Å². The normalized spacial score (nSPS) is 10.3. The topological polar surface area (TPSA) is 47.6 Å². The number of carbonyl (C=O) groups excluding carboxylic acids is 1. The van der Waals surface area contributed by atoms with Gasteiger partial charge in [-0.3, -0.25) is 4.79 Å². The molecular weight excluding hydrogens is 477 g/mol. The number of anilines is 1. The van der Waals surface area contributed by atoms with Crippen LogP contribution in [0.3, 0.4) is 0 Å². The summed E-state index contributed by atoms with van der Waals surface area (Å²) in [4.78, 5) is 12.6. The van der Waals surface area contributed by atoms with Crippen molar-refractivity contribution in [2.45, 2.75) is 6.61 Å². The summed E-state index contributed by atoms with van der Waals surface area (Å²) < 4.78 is 12.2. The van der Waals surface area contributed by atoms with E-state index in [0.29, 0.717) is 34.4 Å². The van der Waals surface area contributed by atoms with Gasteiger partial charge in [-0.1, -0.05) is 41.9 Å². The Balaban J connectivity index is 1.82. The van der Waals surface area contributed by atoms with Gasteiger partial charge in [0.05, 0.1) is 10.7 Å². The second-order valence-electron chi connectivity index (χ2n) is 5.72. The third kappa shape index (κ3) is 5.14. The van der Waals surface area contributed by atoms with Crippen LogP contribution in [0.1, 0.15) is 15.9 Å². The standard InChI is InChI=1S/C21H17ClINO3/c1-26-20-18(23)11-15(21(25)24-17-9-7-16(22)8-10-17)12-19(20)27-13-14-5-3-2-4-6-14/h2-12H,13H2,1H3,(H,24,25). The number of hydrogen-bond donors (Lipinski definition) is 1. The van der Waals surface area contributed by atoms with E-state index < -0.39 is 0 Å². The van der Waals surface area contributed by atoms with E-state index in [2.05, 4.69) is 27.9 Å². The van der Waals surface area contributed by atoms with Crippen LogP contribution in [0, 0.1) is 3.57 Å². The number of hydrogen-bond acceptors (Lipinski definition) is 3. The van der Waals surface area contributed by atoms with E-state index >= 15 is 0 Å². The molecule has 0 unspecified atom stereocenters. The average molecular weight is 494 g/mol. The van der Waals surface area contributed by atoms with E-state index in [1.54, 1.807) is 43.5 Å². The molecule has 4 nitrogen and oxygen atoms in total. The summed E-state index contributed by atoms with van der Waals surface area (Å²) >= 11 is 8.01. The maximum atomic E-state index is 12.6. The smallest absolute Gasteiger partial charge is 0.255 e. The minimum atomic E-state index is -0.234. The van der Waals surface area contributed by atoms with Gasteiger partial charge in [-0.2, -0.15) is 0 Å². The molecule has 0 saturated heterocycles. The molecule has 3 aromatic rings. The molecule has 6 heteroatoms. The van der Waals surface area contributed by atoms with Crippen LogP contribution >= 0.6 is 34.2 Å². The van der Waals surface area contributed by atoms with Crippen molar-refractivity contribution < 1.29 is 14.3 Å². The Hall–Kier alpha value is -2.25. The summed E-state index contributed by atoms with van der Waals surface area (Å²) in [5.74, 6) is 0.895. The molecular formula is C21H17ClINO3. The van der Waals surface area contributed by atoms with Crippen molar-refractivity contribution >= 4 is 45.8 Å². The van der Waals surface area contributed by atoms with Crippen molar-refractivity contribution in [3.8, 4) is 11.5 Å². The number of methoxy groups -OCH3 is 1. The molecule has 0 aliphatic rings. The van der Waals surface area contributed by atoms with Gasteiger partial charge in [-0.25, -0.2) is 0 Å². The average Bonchev–Trinajstić information content (AvgIpc) is 2.68. The molecule has 0 fully saturated rings. The zero-order valence-electron chi connectivity index (χ0n) is 14.5. The van der Waals surface area contributed by atoms with Crippen LogP contribution in [-0.2, 0) is 6.61 Å². The van der Waals surface area contributed by atoms with Crippen molar-refractivity contribution in [3.05, 3.63) is 86.4 Å². The molecule has 0 bridgehead atoms. The van der Waals surface area contributed by atoms with Crippen molar-refractivity contribution in [3.63, 3.8) is 0 Å². The zero-order chi connectivity index (χ0) is 19.2. The third-order valence-electron chi connectivity index (χ3n) is 3.82. The lowest BCUT2D eigenvalue weighted by atomic mass is 10.1. The van der Waals surface area contributed by atoms with Crippen LogP contribution in [0.15, 0.2) is 66.7 Å². The van der Waals surface area contributed by atoms with Gasteiger partial charge < -0.3 is 14.8 Å². The summed E-state index contributed by atoms with van der Waals surface area (Å²) in [6.07, 6.45) is 0. The number of amides is 1. The van der Waals surface area contributed by atoms with Gasteiger partial charge in [-0.15, -0.1) is 0 Å². The first-order chi connectivity index (χ1) is 13.1. The highest BCUT2D eigenvalue weighted by Crippen LogP contribution is 2.34. The van der Waals surface area contributed by atoms with Crippen LogP contribution in [0.25, 0.3) is 0 Å². The van der Waals surface area contributed by atoms with Gasteiger partial charge in [-0.05, 0) is 64.6 Å². The molecule has 3 rings (SSSR count). The fourth-order valence-electron chi connectivity index (χ4n) is 2.48. The van der Waals surface area contributed by atoms with Crippen LogP contribution in [0.2, 0.25) is 5.02 Å². The van der Waals surface area contributed by atoms with E-state index in [1.807, 2.05) is 30.3 Å². The minimum absolute atomic E-state index is 0.234. The molecule has 0 aromatic heterocycles. The van der Waals surface area contributed by atoms with Crippen LogP contribution < -0.4 is 14.8 Å². The Kier molecular flexibility index (Phi) is 6.58. The molecule has 1 N–H and O–H groups in total. The molecule has 0 aliphatic carbocycles. The van der Waals surface area contributed by atoms with Crippen molar-refractivity contribution in [1.29, 1.82) is 0 Å². The van der Waals surface area contributed by atoms with Crippen molar-refractivity contribution in [2.75, 3.05) is 12.4 Å². The number of halogens is 2. The molecule has 0 aliphatic heterocycles. The lowest BCUT2D eigenvalue weighted by molar-refractivity contribution is 0.102. The molecule has 0 saturated carbocycles. The summed E-state index contributed by atoms with van der Waals surface area (Å²) in [5.41, 5.74) is 2.19.